The number of ether oxygens (including phenoxy) is 2. The normalized spacial score (nSPS) is 14.2. The number of anilines is 1. The fourth-order valence-corrected chi connectivity index (χ4v) is 3.01. The molecule has 0 amide bonds. The van der Waals surface area contributed by atoms with Gasteiger partial charge in [0, 0.05) is 18.9 Å². The predicted molar refractivity (Wildman–Crippen MR) is 115 cm³/mol. The Morgan fingerprint density at radius 3 is 2.71 bits per heavy atom. The maximum atomic E-state index is 12.1. The number of aromatic nitrogens is 4. The van der Waals surface area contributed by atoms with Gasteiger partial charge in [0.15, 0.2) is 11.2 Å². The van der Waals surface area contributed by atoms with Crippen molar-refractivity contribution in [1.82, 2.24) is 19.5 Å². The molecule has 2 aromatic heterocycles. The van der Waals surface area contributed by atoms with E-state index in [0.29, 0.717) is 31.5 Å². The highest BCUT2D eigenvalue weighted by Gasteiger charge is 2.22. The Morgan fingerprint density at radius 2 is 2.03 bits per heavy atom. The van der Waals surface area contributed by atoms with Crippen LogP contribution in [0.25, 0.3) is 11.2 Å². The molecule has 2 aromatic rings. The Kier molecular flexibility index (Phi) is 8.98. The predicted octanol–water partition coefficient (Wildman–Crippen LogP) is 0.968. The van der Waals surface area contributed by atoms with E-state index >= 15 is 0 Å². The smallest absolute Gasteiger partial charge is 0.323 e. The molecule has 0 fully saturated rings. The van der Waals surface area contributed by atoms with Gasteiger partial charge < -0.3 is 25.5 Å². The summed E-state index contributed by atoms with van der Waals surface area (Å²) in [6.45, 7) is 6.35. The zero-order valence-electron chi connectivity index (χ0n) is 18.3. The van der Waals surface area contributed by atoms with Crippen molar-refractivity contribution in [1.29, 1.82) is 0 Å². The third-order valence-corrected chi connectivity index (χ3v) is 5.18. The summed E-state index contributed by atoms with van der Waals surface area (Å²) in [5.41, 5.74) is 11.6. The van der Waals surface area contributed by atoms with Crippen LogP contribution in [0.15, 0.2) is 11.1 Å². The highest BCUT2D eigenvalue weighted by Crippen LogP contribution is 2.15. The summed E-state index contributed by atoms with van der Waals surface area (Å²) in [7, 11) is 0. The number of fused-ring (bicyclic) bond motifs is 1. The van der Waals surface area contributed by atoms with Crippen LogP contribution in [0, 0.1) is 11.8 Å². The molecular formula is C20H32N6O5. The number of imidazole rings is 1. The van der Waals surface area contributed by atoms with Crippen molar-refractivity contribution in [3.05, 3.63) is 16.7 Å². The lowest BCUT2D eigenvalue weighted by Gasteiger charge is -2.20. The van der Waals surface area contributed by atoms with E-state index in [9.17, 15) is 14.4 Å². The van der Waals surface area contributed by atoms with E-state index in [4.69, 9.17) is 20.9 Å². The van der Waals surface area contributed by atoms with Crippen LogP contribution < -0.4 is 17.0 Å². The molecule has 31 heavy (non-hydrogen) atoms. The second-order valence-corrected chi connectivity index (χ2v) is 7.69. The van der Waals surface area contributed by atoms with Crippen LogP contribution in [-0.2, 0) is 25.6 Å². The van der Waals surface area contributed by atoms with Gasteiger partial charge in [0.1, 0.15) is 6.04 Å². The minimum atomic E-state index is -0.678. The molecule has 0 aliphatic heterocycles. The minimum Gasteiger partial charge on any atom is -0.465 e. The molecule has 0 aromatic carbocycles. The molecule has 11 nitrogen and oxygen atoms in total. The maximum absolute atomic E-state index is 12.1. The summed E-state index contributed by atoms with van der Waals surface area (Å²) >= 11 is 0. The van der Waals surface area contributed by atoms with Crippen molar-refractivity contribution in [3.63, 3.8) is 0 Å². The van der Waals surface area contributed by atoms with E-state index in [1.165, 1.54) is 6.33 Å². The average molecular weight is 437 g/mol. The first-order chi connectivity index (χ1) is 14.8. The van der Waals surface area contributed by atoms with Crippen molar-refractivity contribution >= 4 is 29.1 Å². The van der Waals surface area contributed by atoms with Gasteiger partial charge in [-0.05, 0) is 18.8 Å². The number of carbonyl (C=O) groups excluding carboxylic acids is 2. The minimum absolute atomic E-state index is 0.0156. The zero-order valence-corrected chi connectivity index (χ0v) is 18.3. The summed E-state index contributed by atoms with van der Waals surface area (Å²) in [4.78, 5) is 46.6. The van der Waals surface area contributed by atoms with Crippen molar-refractivity contribution < 1.29 is 19.1 Å². The van der Waals surface area contributed by atoms with E-state index in [1.807, 2.05) is 20.8 Å². The molecule has 0 aliphatic carbocycles. The van der Waals surface area contributed by atoms with Gasteiger partial charge in [0.25, 0.3) is 5.56 Å². The van der Waals surface area contributed by atoms with Crippen LogP contribution in [0.4, 0.5) is 5.95 Å². The number of aromatic amines is 1. The van der Waals surface area contributed by atoms with Crippen LogP contribution in [0.1, 0.15) is 46.5 Å². The van der Waals surface area contributed by atoms with Crippen LogP contribution >= 0.6 is 0 Å². The number of esters is 2. The number of carbonyl (C=O) groups is 2. The third-order valence-electron chi connectivity index (χ3n) is 5.18. The van der Waals surface area contributed by atoms with Gasteiger partial charge >= 0.3 is 11.9 Å². The first kappa shape index (κ1) is 24.3. The molecular weight excluding hydrogens is 404 g/mol. The lowest BCUT2D eigenvalue weighted by Crippen LogP contribution is -2.38. The zero-order chi connectivity index (χ0) is 23.0. The van der Waals surface area contributed by atoms with Gasteiger partial charge in [-0.1, -0.05) is 27.2 Å². The SMILES string of the molecule is CCCC(=O)OC[C@H](CCOC(=O)[C@@H](N)[C@@H](C)CC)Cn1cnc2c(=O)[nH]c(N)nc21. The number of hydrogen-bond donors (Lipinski definition) is 3. The van der Waals surface area contributed by atoms with E-state index in [2.05, 4.69) is 15.0 Å². The molecule has 5 N–H and O–H groups in total. The van der Waals surface area contributed by atoms with Crippen molar-refractivity contribution in [2.45, 2.75) is 59.0 Å². The Bertz CT molecular complexity index is 940. The number of rotatable bonds is 12. The number of H-pyrrole nitrogens is 1. The van der Waals surface area contributed by atoms with E-state index in [0.717, 1.165) is 6.42 Å². The Hall–Kier alpha value is -2.95. The highest BCUT2D eigenvalue weighted by atomic mass is 16.5. The Morgan fingerprint density at radius 1 is 1.29 bits per heavy atom. The maximum Gasteiger partial charge on any atom is 0.323 e. The molecule has 0 radical (unpaired) electrons. The summed E-state index contributed by atoms with van der Waals surface area (Å²) in [5, 5.41) is 0. The van der Waals surface area contributed by atoms with E-state index in [1.54, 1.807) is 4.57 Å². The first-order valence-corrected chi connectivity index (χ1v) is 10.5. The van der Waals surface area contributed by atoms with Crippen molar-refractivity contribution in [2.24, 2.45) is 17.6 Å². The number of nitrogens with two attached hydrogens (primary N) is 2. The van der Waals surface area contributed by atoms with Crippen LogP contribution in [0.2, 0.25) is 0 Å². The number of nitrogens with zero attached hydrogens (tertiary/aromatic N) is 3. The molecule has 3 atom stereocenters. The van der Waals surface area contributed by atoms with Crippen molar-refractivity contribution in [2.75, 3.05) is 18.9 Å². The summed E-state index contributed by atoms with van der Waals surface area (Å²) < 4.78 is 12.4. The topological polar surface area (TPSA) is 168 Å². The Balaban J connectivity index is 2.07. The second-order valence-electron chi connectivity index (χ2n) is 7.69. The molecule has 172 valence electrons. The Labute approximate surface area is 180 Å². The van der Waals surface area contributed by atoms with Gasteiger partial charge in [0.05, 0.1) is 19.5 Å². The van der Waals surface area contributed by atoms with Gasteiger partial charge in [-0.3, -0.25) is 19.4 Å². The molecule has 0 saturated heterocycles. The quantitative estimate of drug-likeness (QED) is 0.410. The monoisotopic (exact) mass is 436 g/mol. The highest BCUT2D eigenvalue weighted by molar-refractivity contribution is 5.75. The molecule has 2 heterocycles. The number of nitrogens with one attached hydrogen (secondary N) is 1. The molecule has 0 bridgehead atoms. The average Bonchev–Trinajstić information content (AvgIpc) is 3.13. The summed E-state index contributed by atoms with van der Waals surface area (Å²) in [6.07, 6.45) is 3.70. The van der Waals surface area contributed by atoms with E-state index in [-0.39, 0.29) is 42.5 Å². The summed E-state index contributed by atoms with van der Waals surface area (Å²) in [6, 6.07) is -0.678. The molecule has 0 spiro atoms. The largest absolute Gasteiger partial charge is 0.465 e. The van der Waals surface area contributed by atoms with Gasteiger partial charge in [-0.2, -0.15) is 4.98 Å². The molecule has 11 heteroatoms. The molecule has 2 rings (SSSR count). The molecule has 0 saturated carbocycles. The fraction of sp³-hybridized carbons (Fsp3) is 0.650. The first-order valence-electron chi connectivity index (χ1n) is 10.5. The van der Waals surface area contributed by atoms with Crippen LogP contribution in [-0.4, -0.2) is 50.7 Å². The van der Waals surface area contributed by atoms with E-state index < -0.39 is 17.6 Å². The standard InChI is InChI=1S/C20H32N6O5/c1-4-6-14(27)31-10-13(7-8-30-19(29)15(21)12(3)5-2)9-26-11-23-16-17(26)24-20(22)25-18(16)28/h11-13,15H,4-10,21H2,1-3H3,(H3,22,24,25,28)/t12-,13+,15-/m0/s1. The van der Waals surface area contributed by atoms with Gasteiger partial charge in [0.2, 0.25) is 5.95 Å². The van der Waals surface area contributed by atoms with Crippen molar-refractivity contribution in [3.8, 4) is 0 Å². The van der Waals surface area contributed by atoms with Crippen LogP contribution in [0.3, 0.4) is 0 Å². The molecule has 0 aliphatic rings. The summed E-state index contributed by atoms with van der Waals surface area (Å²) in [5.74, 6) is -0.945. The fourth-order valence-electron chi connectivity index (χ4n) is 3.01. The van der Waals surface area contributed by atoms with Crippen LogP contribution in [0.5, 0.6) is 0 Å². The molecule has 0 unspecified atom stereocenters. The van der Waals surface area contributed by atoms with Gasteiger partial charge in [-0.15, -0.1) is 0 Å². The number of nitrogen functional groups attached to an aromatic ring is 1. The van der Waals surface area contributed by atoms with Gasteiger partial charge in [-0.25, -0.2) is 4.98 Å². The third kappa shape index (κ3) is 6.78. The lowest BCUT2D eigenvalue weighted by molar-refractivity contribution is -0.149. The second kappa shape index (κ2) is 11.4. The number of hydrogen-bond acceptors (Lipinski definition) is 9. The lowest BCUT2D eigenvalue weighted by atomic mass is 10.0.